The molecule has 0 saturated carbocycles. The van der Waals surface area contributed by atoms with Gasteiger partial charge in [0.2, 0.25) is 0 Å². The summed E-state index contributed by atoms with van der Waals surface area (Å²) in [7, 11) is 0. The van der Waals surface area contributed by atoms with Gasteiger partial charge in [0.25, 0.3) is 0 Å². The molecule has 0 spiro atoms. The summed E-state index contributed by atoms with van der Waals surface area (Å²) in [5.74, 6) is 1.77. The summed E-state index contributed by atoms with van der Waals surface area (Å²) in [6.07, 6.45) is 2.13. The largest absolute Gasteiger partial charge is 0.490 e. The first-order valence-electron chi connectivity index (χ1n) is 7.21. The van der Waals surface area contributed by atoms with Crippen LogP contribution in [0.1, 0.15) is 19.8 Å². The van der Waals surface area contributed by atoms with Crippen LogP contribution in [-0.4, -0.2) is 38.9 Å². The van der Waals surface area contributed by atoms with Crippen LogP contribution >= 0.6 is 0 Å². The molecule has 19 heavy (non-hydrogen) atoms. The molecule has 104 valence electrons. The van der Waals surface area contributed by atoms with E-state index in [9.17, 15) is 0 Å². The first-order valence-corrected chi connectivity index (χ1v) is 7.21. The second-order valence-electron chi connectivity index (χ2n) is 5.31. The Morgan fingerprint density at radius 2 is 2.00 bits per heavy atom. The van der Waals surface area contributed by atoms with E-state index < -0.39 is 0 Å². The van der Waals surface area contributed by atoms with E-state index in [4.69, 9.17) is 9.47 Å². The van der Waals surface area contributed by atoms with E-state index in [1.807, 2.05) is 6.07 Å². The van der Waals surface area contributed by atoms with Gasteiger partial charge in [-0.1, -0.05) is 0 Å². The number of anilines is 1. The monoisotopic (exact) mass is 262 g/mol. The third kappa shape index (κ3) is 2.95. The summed E-state index contributed by atoms with van der Waals surface area (Å²) in [5.41, 5.74) is 1.24. The Labute approximate surface area is 114 Å². The van der Waals surface area contributed by atoms with Crippen LogP contribution in [0.3, 0.4) is 0 Å². The fourth-order valence-corrected chi connectivity index (χ4v) is 2.62. The molecule has 0 aromatic heterocycles. The summed E-state index contributed by atoms with van der Waals surface area (Å²) < 4.78 is 11.4. The van der Waals surface area contributed by atoms with Crippen molar-refractivity contribution in [2.45, 2.75) is 25.8 Å². The molecule has 1 aromatic carbocycles. The standard InChI is InChI=1S/C15H22N2O2/c1-12-5-7-17(8-6-16-12)13-3-4-14-15(11-13)19-10-2-9-18-14/h3-4,11-12,16H,2,5-10H2,1H3. The second-order valence-corrected chi connectivity index (χ2v) is 5.31. The van der Waals surface area contributed by atoms with Crippen molar-refractivity contribution in [3.8, 4) is 11.5 Å². The van der Waals surface area contributed by atoms with Gasteiger partial charge in [0.1, 0.15) is 0 Å². The number of fused-ring (bicyclic) bond motifs is 1. The van der Waals surface area contributed by atoms with E-state index in [-0.39, 0.29) is 0 Å². The molecular formula is C15H22N2O2. The number of hydrogen-bond donors (Lipinski definition) is 1. The lowest BCUT2D eigenvalue weighted by molar-refractivity contribution is 0.297. The first kappa shape index (κ1) is 12.6. The maximum atomic E-state index is 5.77. The number of nitrogens with zero attached hydrogens (tertiary/aromatic N) is 1. The van der Waals surface area contributed by atoms with Crippen LogP contribution in [0.5, 0.6) is 11.5 Å². The minimum Gasteiger partial charge on any atom is -0.490 e. The Morgan fingerprint density at radius 3 is 2.89 bits per heavy atom. The van der Waals surface area contributed by atoms with E-state index in [2.05, 4.69) is 29.3 Å². The highest BCUT2D eigenvalue weighted by Crippen LogP contribution is 2.33. The predicted octanol–water partition coefficient (Wildman–Crippen LogP) is 2.04. The van der Waals surface area contributed by atoms with Crippen molar-refractivity contribution >= 4 is 5.69 Å². The maximum Gasteiger partial charge on any atom is 0.163 e. The molecule has 0 bridgehead atoms. The van der Waals surface area contributed by atoms with E-state index in [0.717, 1.165) is 50.8 Å². The molecule has 2 aliphatic heterocycles. The number of rotatable bonds is 1. The van der Waals surface area contributed by atoms with Crippen LogP contribution in [0.15, 0.2) is 18.2 Å². The van der Waals surface area contributed by atoms with Crippen LogP contribution in [0.25, 0.3) is 0 Å². The van der Waals surface area contributed by atoms with Gasteiger partial charge >= 0.3 is 0 Å². The Hall–Kier alpha value is -1.42. The highest BCUT2D eigenvalue weighted by atomic mass is 16.5. The van der Waals surface area contributed by atoms with Crippen LogP contribution in [0, 0.1) is 0 Å². The second kappa shape index (κ2) is 5.70. The van der Waals surface area contributed by atoms with Crippen molar-refractivity contribution in [1.82, 2.24) is 5.32 Å². The number of nitrogens with one attached hydrogen (secondary N) is 1. The molecule has 4 nitrogen and oxygen atoms in total. The van der Waals surface area contributed by atoms with E-state index in [1.165, 1.54) is 12.1 Å². The molecule has 1 saturated heterocycles. The molecule has 1 fully saturated rings. The van der Waals surface area contributed by atoms with Crippen LogP contribution < -0.4 is 19.7 Å². The highest BCUT2D eigenvalue weighted by Gasteiger charge is 2.16. The SMILES string of the molecule is CC1CCN(c2ccc3c(c2)OCCCO3)CCN1. The summed E-state index contributed by atoms with van der Waals surface area (Å²) in [5, 5.41) is 3.52. The zero-order chi connectivity index (χ0) is 13.1. The van der Waals surface area contributed by atoms with Gasteiger partial charge in [-0.25, -0.2) is 0 Å². The van der Waals surface area contributed by atoms with Crippen LogP contribution in [-0.2, 0) is 0 Å². The minimum absolute atomic E-state index is 0.602. The molecule has 3 rings (SSSR count). The van der Waals surface area contributed by atoms with Crippen molar-refractivity contribution in [2.75, 3.05) is 37.7 Å². The van der Waals surface area contributed by atoms with Crippen molar-refractivity contribution in [1.29, 1.82) is 0 Å². The van der Waals surface area contributed by atoms with E-state index in [1.54, 1.807) is 0 Å². The van der Waals surface area contributed by atoms with Gasteiger partial charge in [-0.15, -0.1) is 0 Å². The molecule has 2 heterocycles. The molecule has 4 heteroatoms. The lowest BCUT2D eigenvalue weighted by atomic mass is 10.2. The van der Waals surface area contributed by atoms with Crippen LogP contribution in [0.2, 0.25) is 0 Å². The normalized spacial score (nSPS) is 23.6. The fourth-order valence-electron chi connectivity index (χ4n) is 2.62. The molecule has 2 aliphatic rings. The van der Waals surface area contributed by atoms with Crippen LogP contribution in [0.4, 0.5) is 5.69 Å². The summed E-state index contributed by atoms with van der Waals surface area (Å²) in [4.78, 5) is 2.42. The lowest BCUT2D eigenvalue weighted by Gasteiger charge is -2.23. The van der Waals surface area contributed by atoms with Crippen molar-refractivity contribution in [3.63, 3.8) is 0 Å². The predicted molar refractivity (Wildman–Crippen MR) is 76.3 cm³/mol. The molecule has 1 aromatic rings. The van der Waals surface area contributed by atoms with Gasteiger partial charge in [-0.05, 0) is 25.5 Å². The average molecular weight is 262 g/mol. The minimum atomic E-state index is 0.602. The summed E-state index contributed by atoms with van der Waals surface area (Å²) >= 11 is 0. The third-order valence-electron chi connectivity index (χ3n) is 3.80. The molecule has 0 aliphatic carbocycles. The van der Waals surface area contributed by atoms with Gasteiger partial charge in [0.05, 0.1) is 13.2 Å². The van der Waals surface area contributed by atoms with Crippen molar-refractivity contribution in [3.05, 3.63) is 18.2 Å². The lowest BCUT2D eigenvalue weighted by Crippen LogP contribution is -2.28. The summed E-state index contributed by atoms with van der Waals surface area (Å²) in [6, 6.07) is 6.91. The topological polar surface area (TPSA) is 33.7 Å². The molecular weight excluding hydrogens is 240 g/mol. The van der Waals surface area contributed by atoms with Gasteiger partial charge in [0.15, 0.2) is 11.5 Å². The van der Waals surface area contributed by atoms with E-state index >= 15 is 0 Å². The van der Waals surface area contributed by atoms with Crippen molar-refractivity contribution in [2.24, 2.45) is 0 Å². The fraction of sp³-hybridized carbons (Fsp3) is 0.600. The number of benzene rings is 1. The van der Waals surface area contributed by atoms with Crippen molar-refractivity contribution < 1.29 is 9.47 Å². The Balaban J connectivity index is 1.79. The number of ether oxygens (including phenoxy) is 2. The third-order valence-corrected chi connectivity index (χ3v) is 3.80. The quantitative estimate of drug-likeness (QED) is 0.839. The van der Waals surface area contributed by atoms with Gasteiger partial charge in [-0.3, -0.25) is 0 Å². The molecule has 1 unspecified atom stereocenters. The van der Waals surface area contributed by atoms with Gasteiger partial charge in [-0.2, -0.15) is 0 Å². The van der Waals surface area contributed by atoms with Gasteiger partial charge in [0, 0.05) is 43.9 Å². The molecule has 1 N–H and O–H groups in total. The number of hydrogen-bond acceptors (Lipinski definition) is 4. The molecule has 1 atom stereocenters. The van der Waals surface area contributed by atoms with E-state index in [0.29, 0.717) is 6.04 Å². The smallest absolute Gasteiger partial charge is 0.163 e. The Morgan fingerprint density at radius 1 is 1.16 bits per heavy atom. The Kier molecular flexibility index (Phi) is 3.78. The highest BCUT2D eigenvalue weighted by molar-refractivity contribution is 5.56. The average Bonchev–Trinajstić information content (AvgIpc) is 2.78. The Bertz CT molecular complexity index is 436. The summed E-state index contributed by atoms with van der Waals surface area (Å²) in [6.45, 7) is 6.91. The molecule has 0 amide bonds. The maximum absolute atomic E-state index is 5.77. The van der Waals surface area contributed by atoms with Gasteiger partial charge < -0.3 is 19.7 Å². The first-order chi connectivity index (χ1) is 9.33. The zero-order valence-corrected chi connectivity index (χ0v) is 11.5. The zero-order valence-electron chi connectivity index (χ0n) is 11.5. The molecule has 0 radical (unpaired) electrons.